The average molecular weight is 273 g/mol. The van der Waals surface area contributed by atoms with E-state index >= 15 is 0 Å². The average Bonchev–Trinajstić information content (AvgIpc) is 3.08. The third kappa shape index (κ3) is 3.04. The summed E-state index contributed by atoms with van der Waals surface area (Å²) in [6.45, 7) is 2.76. The SMILES string of the molecule is O=C1CCCC1C1CCCN1CCOc1ccccc1. The van der Waals surface area contributed by atoms with Crippen molar-refractivity contribution in [2.75, 3.05) is 19.7 Å². The monoisotopic (exact) mass is 273 g/mol. The van der Waals surface area contributed by atoms with Crippen molar-refractivity contribution in [2.24, 2.45) is 5.92 Å². The molecule has 0 radical (unpaired) electrons. The summed E-state index contributed by atoms with van der Waals surface area (Å²) in [5.41, 5.74) is 0. The maximum atomic E-state index is 11.9. The molecule has 2 fully saturated rings. The molecule has 0 amide bonds. The molecular weight excluding hydrogens is 250 g/mol. The van der Waals surface area contributed by atoms with Crippen molar-refractivity contribution in [3.05, 3.63) is 30.3 Å². The van der Waals surface area contributed by atoms with Crippen molar-refractivity contribution >= 4 is 5.78 Å². The Morgan fingerprint density at radius 2 is 2.00 bits per heavy atom. The van der Waals surface area contributed by atoms with Gasteiger partial charge in [0.15, 0.2) is 0 Å². The first-order chi connectivity index (χ1) is 9.84. The molecule has 1 saturated heterocycles. The molecule has 0 aromatic heterocycles. The Morgan fingerprint density at radius 1 is 1.15 bits per heavy atom. The number of carbonyl (C=O) groups excluding carboxylic acids is 1. The molecule has 1 saturated carbocycles. The van der Waals surface area contributed by atoms with Crippen LogP contribution in [0.15, 0.2) is 30.3 Å². The van der Waals surface area contributed by atoms with Crippen LogP contribution in [0.1, 0.15) is 32.1 Å². The Bertz CT molecular complexity index is 446. The van der Waals surface area contributed by atoms with Crippen LogP contribution < -0.4 is 4.74 Å². The number of hydrogen-bond donors (Lipinski definition) is 0. The number of hydrogen-bond acceptors (Lipinski definition) is 3. The highest BCUT2D eigenvalue weighted by molar-refractivity contribution is 5.83. The molecule has 3 nitrogen and oxygen atoms in total. The van der Waals surface area contributed by atoms with Gasteiger partial charge < -0.3 is 4.74 Å². The van der Waals surface area contributed by atoms with Gasteiger partial charge in [-0.05, 0) is 44.4 Å². The van der Waals surface area contributed by atoms with E-state index in [9.17, 15) is 4.79 Å². The van der Waals surface area contributed by atoms with Crippen LogP contribution in [0.4, 0.5) is 0 Å². The lowest BCUT2D eigenvalue weighted by atomic mass is 9.95. The van der Waals surface area contributed by atoms with E-state index in [1.54, 1.807) is 0 Å². The first-order valence-corrected chi connectivity index (χ1v) is 7.79. The molecule has 1 aromatic rings. The second-order valence-electron chi connectivity index (χ2n) is 5.87. The lowest BCUT2D eigenvalue weighted by Crippen LogP contribution is -2.39. The van der Waals surface area contributed by atoms with Crippen LogP contribution in [0.25, 0.3) is 0 Å². The van der Waals surface area contributed by atoms with E-state index in [4.69, 9.17) is 4.74 Å². The summed E-state index contributed by atoms with van der Waals surface area (Å²) >= 11 is 0. The topological polar surface area (TPSA) is 29.5 Å². The first kappa shape index (κ1) is 13.6. The molecule has 1 aliphatic heterocycles. The van der Waals surface area contributed by atoms with E-state index in [1.807, 2.05) is 30.3 Å². The number of rotatable bonds is 5. The van der Waals surface area contributed by atoms with Gasteiger partial charge in [-0.3, -0.25) is 9.69 Å². The van der Waals surface area contributed by atoms with Gasteiger partial charge in [0.1, 0.15) is 18.1 Å². The Morgan fingerprint density at radius 3 is 2.75 bits per heavy atom. The summed E-state index contributed by atoms with van der Waals surface area (Å²) in [5.74, 6) is 1.72. The minimum absolute atomic E-state index is 0.300. The van der Waals surface area contributed by atoms with Crippen LogP contribution in [-0.4, -0.2) is 36.4 Å². The van der Waals surface area contributed by atoms with Gasteiger partial charge in [-0.1, -0.05) is 18.2 Å². The zero-order chi connectivity index (χ0) is 13.8. The molecule has 0 bridgehead atoms. The van der Waals surface area contributed by atoms with Gasteiger partial charge in [0.2, 0.25) is 0 Å². The van der Waals surface area contributed by atoms with Gasteiger partial charge in [-0.25, -0.2) is 0 Å². The van der Waals surface area contributed by atoms with Crippen LogP contribution >= 0.6 is 0 Å². The molecule has 20 heavy (non-hydrogen) atoms. The highest BCUT2D eigenvalue weighted by Gasteiger charge is 2.37. The number of likely N-dealkylation sites (tertiary alicyclic amines) is 1. The lowest BCUT2D eigenvalue weighted by Gasteiger charge is -2.28. The van der Waals surface area contributed by atoms with Gasteiger partial charge in [0.05, 0.1) is 0 Å². The van der Waals surface area contributed by atoms with E-state index < -0.39 is 0 Å². The van der Waals surface area contributed by atoms with Gasteiger partial charge >= 0.3 is 0 Å². The van der Waals surface area contributed by atoms with Crippen molar-refractivity contribution in [3.63, 3.8) is 0 Å². The Hall–Kier alpha value is -1.35. The van der Waals surface area contributed by atoms with Crippen LogP contribution in [-0.2, 0) is 4.79 Å². The third-order valence-corrected chi connectivity index (χ3v) is 4.62. The maximum Gasteiger partial charge on any atom is 0.137 e. The molecule has 1 heterocycles. The van der Waals surface area contributed by atoms with Crippen molar-refractivity contribution < 1.29 is 9.53 Å². The number of ketones is 1. The summed E-state index contributed by atoms with van der Waals surface area (Å²) in [4.78, 5) is 14.4. The van der Waals surface area contributed by atoms with E-state index in [0.29, 0.717) is 24.3 Å². The molecule has 3 heteroatoms. The van der Waals surface area contributed by atoms with E-state index in [0.717, 1.165) is 38.1 Å². The van der Waals surface area contributed by atoms with Gasteiger partial charge in [-0.15, -0.1) is 0 Å². The summed E-state index contributed by atoms with van der Waals surface area (Å²) in [7, 11) is 0. The molecule has 2 aliphatic rings. The fourth-order valence-corrected chi connectivity index (χ4v) is 3.63. The zero-order valence-electron chi connectivity index (χ0n) is 12.0. The zero-order valence-corrected chi connectivity index (χ0v) is 12.0. The number of ether oxygens (including phenoxy) is 1. The van der Waals surface area contributed by atoms with Crippen molar-refractivity contribution in [1.82, 2.24) is 4.90 Å². The third-order valence-electron chi connectivity index (χ3n) is 4.62. The highest BCUT2D eigenvalue weighted by Crippen LogP contribution is 2.33. The van der Waals surface area contributed by atoms with E-state index in [2.05, 4.69) is 4.90 Å². The minimum atomic E-state index is 0.300. The molecule has 2 unspecified atom stereocenters. The normalized spacial score (nSPS) is 27.1. The first-order valence-electron chi connectivity index (χ1n) is 7.79. The van der Waals surface area contributed by atoms with Crippen molar-refractivity contribution in [2.45, 2.75) is 38.1 Å². The fraction of sp³-hybridized carbons (Fsp3) is 0.588. The number of para-hydroxylation sites is 1. The summed E-state index contributed by atoms with van der Waals surface area (Å²) < 4.78 is 5.78. The second-order valence-corrected chi connectivity index (χ2v) is 5.87. The lowest BCUT2D eigenvalue weighted by molar-refractivity contribution is -0.122. The van der Waals surface area contributed by atoms with E-state index in [-0.39, 0.29) is 0 Å². The molecule has 108 valence electrons. The molecule has 2 atom stereocenters. The summed E-state index contributed by atoms with van der Waals surface area (Å²) in [5, 5.41) is 0. The second kappa shape index (κ2) is 6.40. The van der Waals surface area contributed by atoms with Crippen molar-refractivity contribution in [3.8, 4) is 5.75 Å². The molecule has 1 aliphatic carbocycles. The summed E-state index contributed by atoms with van der Waals surface area (Å²) in [6, 6.07) is 10.4. The smallest absolute Gasteiger partial charge is 0.137 e. The Labute approximate surface area is 120 Å². The standard InChI is InChI=1S/C17H23NO2/c19-17-10-4-8-15(17)16-9-5-11-18(16)12-13-20-14-6-2-1-3-7-14/h1-3,6-7,15-16H,4-5,8-13H2. The largest absolute Gasteiger partial charge is 0.492 e. The predicted octanol–water partition coefficient (Wildman–Crippen LogP) is 2.90. The van der Waals surface area contributed by atoms with E-state index in [1.165, 1.54) is 12.8 Å². The Kier molecular flexibility index (Phi) is 4.36. The van der Waals surface area contributed by atoms with Crippen LogP contribution in [0.2, 0.25) is 0 Å². The number of nitrogens with zero attached hydrogens (tertiary/aromatic N) is 1. The van der Waals surface area contributed by atoms with Gasteiger partial charge in [0, 0.05) is 24.9 Å². The summed E-state index contributed by atoms with van der Waals surface area (Å²) in [6.07, 6.45) is 5.39. The van der Waals surface area contributed by atoms with Crippen LogP contribution in [0, 0.1) is 5.92 Å². The van der Waals surface area contributed by atoms with Gasteiger partial charge in [-0.2, -0.15) is 0 Å². The van der Waals surface area contributed by atoms with Crippen LogP contribution in [0.5, 0.6) is 5.75 Å². The quantitative estimate of drug-likeness (QED) is 0.826. The van der Waals surface area contributed by atoms with Gasteiger partial charge in [0.25, 0.3) is 0 Å². The minimum Gasteiger partial charge on any atom is -0.492 e. The highest BCUT2D eigenvalue weighted by atomic mass is 16.5. The molecular formula is C17H23NO2. The maximum absolute atomic E-state index is 11.9. The molecule has 1 aromatic carbocycles. The fourth-order valence-electron chi connectivity index (χ4n) is 3.63. The Balaban J connectivity index is 1.50. The predicted molar refractivity (Wildman–Crippen MR) is 78.9 cm³/mol. The number of benzene rings is 1. The number of carbonyl (C=O) groups is 1. The van der Waals surface area contributed by atoms with Crippen molar-refractivity contribution in [1.29, 1.82) is 0 Å². The molecule has 0 spiro atoms. The van der Waals surface area contributed by atoms with Crippen LogP contribution in [0.3, 0.4) is 0 Å². The molecule has 0 N–H and O–H groups in total. The number of Topliss-reactive ketones (excluding diaryl/α,β-unsaturated/α-hetero) is 1. The molecule has 3 rings (SSSR count).